The Labute approximate surface area is 74.8 Å². The highest BCUT2D eigenvalue weighted by molar-refractivity contribution is 5.60. The van der Waals surface area contributed by atoms with E-state index >= 15 is 0 Å². The van der Waals surface area contributed by atoms with E-state index in [4.69, 9.17) is 0 Å². The molecule has 0 radical (unpaired) electrons. The zero-order valence-electron chi connectivity index (χ0n) is 7.71. The molecule has 1 rings (SSSR count). The van der Waals surface area contributed by atoms with Crippen LogP contribution in [0.15, 0.2) is 9.98 Å². The molecule has 1 saturated carbocycles. The molecule has 2 heteroatoms. The second-order valence-electron chi connectivity index (χ2n) is 3.46. The number of aliphatic imine (C=N–C) groups is 2. The molecule has 0 aromatic heterocycles. The van der Waals surface area contributed by atoms with Gasteiger partial charge in [-0.2, -0.15) is 0 Å². The first-order valence-electron chi connectivity index (χ1n) is 4.84. The highest BCUT2D eigenvalue weighted by atomic mass is 14.8. The maximum atomic E-state index is 4.33. The summed E-state index contributed by atoms with van der Waals surface area (Å²) >= 11 is 0. The fraction of sp³-hybridized carbons (Fsp3) is 0.800. The Balaban J connectivity index is 2.08. The van der Waals surface area contributed by atoms with Crippen LogP contribution in [0.25, 0.3) is 0 Å². The van der Waals surface area contributed by atoms with Crippen molar-refractivity contribution in [3.05, 3.63) is 0 Å². The molecule has 0 aromatic rings. The topological polar surface area (TPSA) is 24.7 Å². The molecule has 0 amide bonds. The molecule has 0 aliphatic heterocycles. The van der Waals surface area contributed by atoms with E-state index in [1.807, 2.05) is 6.21 Å². The Morgan fingerprint density at radius 3 is 2.67 bits per heavy atom. The van der Waals surface area contributed by atoms with Crippen LogP contribution in [0.1, 0.15) is 32.1 Å². The van der Waals surface area contributed by atoms with Crippen molar-refractivity contribution < 1.29 is 0 Å². The number of hydrogen-bond acceptors (Lipinski definition) is 2. The normalized spacial score (nSPS) is 20.0. The molecule has 68 valence electrons. The molecule has 0 saturated heterocycles. The number of nitrogens with zero attached hydrogens (tertiary/aromatic N) is 2. The van der Waals surface area contributed by atoms with Crippen LogP contribution in [0.2, 0.25) is 0 Å². The molecule has 0 unspecified atom stereocenters. The Bertz CT molecular complexity index is 146. The molecule has 0 aromatic carbocycles. The predicted molar refractivity (Wildman–Crippen MR) is 54.4 cm³/mol. The molecule has 12 heavy (non-hydrogen) atoms. The zero-order valence-corrected chi connectivity index (χ0v) is 7.71. The van der Waals surface area contributed by atoms with Crippen LogP contribution >= 0.6 is 0 Å². The van der Waals surface area contributed by atoms with Crippen LogP contribution in [-0.2, 0) is 0 Å². The highest BCUT2D eigenvalue weighted by Crippen LogP contribution is 2.23. The van der Waals surface area contributed by atoms with Gasteiger partial charge in [-0.1, -0.05) is 19.3 Å². The lowest BCUT2D eigenvalue weighted by Crippen LogP contribution is -2.09. The molecule has 2 nitrogen and oxygen atoms in total. The molecule has 1 aliphatic carbocycles. The minimum absolute atomic E-state index is 0.673. The van der Waals surface area contributed by atoms with Crippen LogP contribution < -0.4 is 0 Å². The van der Waals surface area contributed by atoms with Gasteiger partial charge in [0.25, 0.3) is 0 Å². The van der Waals surface area contributed by atoms with Gasteiger partial charge in [0.05, 0.1) is 6.54 Å². The largest absolute Gasteiger partial charge is 0.295 e. The van der Waals surface area contributed by atoms with Crippen molar-refractivity contribution in [2.45, 2.75) is 32.1 Å². The number of rotatable bonds is 4. The molecule has 0 N–H and O–H groups in total. The van der Waals surface area contributed by atoms with E-state index in [0.29, 0.717) is 6.54 Å². The summed E-state index contributed by atoms with van der Waals surface area (Å²) in [7, 11) is 0. The van der Waals surface area contributed by atoms with Gasteiger partial charge in [0.1, 0.15) is 0 Å². The van der Waals surface area contributed by atoms with Gasteiger partial charge in [0.2, 0.25) is 0 Å². The third-order valence-electron chi connectivity index (χ3n) is 2.43. The fourth-order valence-electron chi connectivity index (χ4n) is 1.71. The van der Waals surface area contributed by atoms with Gasteiger partial charge in [-0.05, 0) is 25.5 Å². The second kappa shape index (κ2) is 5.92. The summed E-state index contributed by atoms with van der Waals surface area (Å²) in [5.41, 5.74) is 0. The molecular weight excluding hydrogens is 148 g/mol. The van der Waals surface area contributed by atoms with Crippen molar-refractivity contribution in [3.63, 3.8) is 0 Å². The van der Waals surface area contributed by atoms with E-state index in [1.165, 1.54) is 32.1 Å². The Kier molecular flexibility index (Phi) is 4.65. The van der Waals surface area contributed by atoms with Gasteiger partial charge in [-0.3, -0.25) is 9.98 Å². The smallest absolute Gasteiger partial charge is 0.0730 e. The van der Waals surface area contributed by atoms with Crippen molar-refractivity contribution in [2.75, 3.05) is 13.1 Å². The lowest BCUT2D eigenvalue weighted by atomic mass is 9.89. The lowest BCUT2D eigenvalue weighted by Gasteiger charge is -2.19. The fourth-order valence-corrected chi connectivity index (χ4v) is 1.71. The minimum atomic E-state index is 0.673. The third kappa shape index (κ3) is 3.65. The van der Waals surface area contributed by atoms with Crippen LogP contribution in [0.3, 0.4) is 0 Å². The van der Waals surface area contributed by atoms with Crippen LogP contribution in [0.4, 0.5) is 0 Å². The second-order valence-corrected chi connectivity index (χ2v) is 3.46. The molecule has 0 heterocycles. The molecule has 0 spiro atoms. The molecular formula is C10H18N2. The van der Waals surface area contributed by atoms with Crippen LogP contribution in [-0.4, -0.2) is 26.0 Å². The number of hydrogen-bond donors (Lipinski definition) is 0. The quantitative estimate of drug-likeness (QED) is 0.573. The van der Waals surface area contributed by atoms with Crippen LogP contribution in [0, 0.1) is 5.92 Å². The Hall–Kier alpha value is -0.660. The summed E-state index contributed by atoms with van der Waals surface area (Å²) in [4.78, 5) is 8.05. The van der Waals surface area contributed by atoms with E-state index < -0.39 is 0 Å². The molecule has 0 bridgehead atoms. The molecule has 0 atom stereocenters. The van der Waals surface area contributed by atoms with Crippen molar-refractivity contribution in [1.82, 2.24) is 0 Å². The maximum Gasteiger partial charge on any atom is 0.0730 e. The van der Waals surface area contributed by atoms with Gasteiger partial charge in [-0.25, -0.2) is 0 Å². The van der Waals surface area contributed by atoms with E-state index in [1.54, 1.807) is 0 Å². The lowest BCUT2D eigenvalue weighted by molar-refractivity contribution is 0.367. The summed E-state index contributed by atoms with van der Waals surface area (Å²) in [6.07, 6.45) is 8.85. The van der Waals surface area contributed by atoms with Gasteiger partial charge in [0.15, 0.2) is 0 Å². The third-order valence-corrected chi connectivity index (χ3v) is 2.43. The van der Waals surface area contributed by atoms with Crippen molar-refractivity contribution >= 4 is 12.9 Å². The van der Waals surface area contributed by atoms with Gasteiger partial charge in [0, 0.05) is 12.8 Å². The highest BCUT2D eigenvalue weighted by Gasteiger charge is 2.11. The molecule has 1 aliphatic rings. The monoisotopic (exact) mass is 166 g/mol. The van der Waals surface area contributed by atoms with Crippen molar-refractivity contribution in [1.29, 1.82) is 0 Å². The van der Waals surface area contributed by atoms with E-state index in [2.05, 4.69) is 16.7 Å². The Morgan fingerprint density at radius 2 is 2.00 bits per heavy atom. The zero-order chi connectivity index (χ0) is 8.65. The standard InChI is InChI=1S/C10H18N2/c1-11-7-8-12-9-10-5-3-2-4-6-10/h8,10H,1-7,9H2/b12-8-. The summed E-state index contributed by atoms with van der Waals surface area (Å²) < 4.78 is 0. The Morgan fingerprint density at radius 1 is 1.25 bits per heavy atom. The van der Waals surface area contributed by atoms with Crippen molar-refractivity contribution in [2.24, 2.45) is 15.9 Å². The first-order valence-corrected chi connectivity index (χ1v) is 4.84. The summed E-state index contributed by atoms with van der Waals surface area (Å²) in [6, 6.07) is 0. The molecule has 1 fully saturated rings. The SMILES string of the molecule is C=NC/C=N\CC1CCCCC1. The van der Waals surface area contributed by atoms with Crippen molar-refractivity contribution in [3.8, 4) is 0 Å². The predicted octanol–water partition coefficient (Wildman–Crippen LogP) is 2.34. The minimum Gasteiger partial charge on any atom is -0.295 e. The van der Waals surface area contributed by atoms with Gasteiger partial charge >= 0.3 is 0 Å². The summed E-state index contributed by atoms with van der Waals surface area (Å²) in [6.45, 7) is 5.09. The summed E-state index contributed by atoms with van der Waals surface area (Å²) in [5.74, 6) is 0.847. The average molecular weight is 166 g/mol. The first kappa shape index (κ1) is 9.43. The van der Waals surface area contributed by atoms with Gasteiger partial charge < -0.3 is 0 Å². The van der Waals surface area contributed by atoms with Gasteiger partial charge in [-0.15, -0.1) is 0 Å². The van der Waals surface area contributed by atoms with E-state index in [-0.39, 0.29) is 0 Å². The van der Waals surface area contributed by atoms with Crippen LogP contribution in [0.5, 0.6) is 0 Å². The first-order chi connectivity index (χ1) is 5.93. The summed E-state index contributed by atoms with van der Waals surface area (Å²) in [5, 5.41) is 0. The maximum absolute atomic E-state index is 4.33. The van der Waals surface area contributed by atoms with E-state index in [0.717, 1.165) is 12.5 Å². The van der Waals surface area contributed by atoms with E-state index in [9.17, 15) is 0 Å². The average Bonchev–Trinajstić information content (AvgIpc) is 2.14.